The Bertz CT molecular complexity index is 355. The molecule has 0 aromatic heterocycles. The lowest BCUT2D eigenvalue weighted by atomic mass is 9.87. The van der Waals surface area contributed by atoms with Crippen LogP contribution in [0.3, 0.4) is 0 Å². The number of carbonyl (C=O) groups is 3. The zero-order valence-electron chi connectivity index (χ0n) is 8.97. The van der Waals surface area contributed by atoms with Crippen LogP contribution >= 0.6 is 0 Å². The number of nitrogens with zero attached hydrogens (tertiary/aromatic N) is 1. The van der Waals surface area contributed by atoms with Gasteiger partial charge in [-0.2, -0.15) is 0 Å². The number of aliphatic carboxylic acids is 1. The topological polar surface area (TPSA) is 86.7 Å². The largest absolute Gasteiger partial charge is 0.480 e. The number of piperidine rings is 1. The van der Waals surface area contributed by atoms with Crippen LogP contribution in [0, 0.1) is 11.8 Å². The molecule has 3 atom stereocenters. The van der Waals surface area contributed by atoms with Crippen LogP contribution in [0.5, 0.6) is 0 Å². The second-order valence-corrected chi connectivity index (χ2v) is 4.36. The normalized spacial score (nSPS) is 32.1. The molecule has 88 valence electrons. The fourth-order valence-corrected chi connectivity index (χ4v) is 2.37. The van der Waals surface area contributed by atoms with E-state index in [1.807, 2.05) is 0 Å². The van der Waals surface area contributed by atoms with E-state index >= 15 is 0 Å². The van der Waals surface area contributed by atoms with Crippen LogP contribution in [0.1, 0.15) is 13.3 Å². The fourth-order valence-electron chi connectivity index (χ4n) is 2.37. The highest BCUT2D eigenvalue weighted by Crippen LogP contribution is 2.29. The summed E-state index contributed by atoms with van der Waals surface area (Å²) in [7, 11) is 0. The first-order valence-electron chi connectivity index (χ1n) is 5.32. The third kappa shape index (κ3) is 1.69. The first kappa shape index (κ1) is 11.1. The number of hydrogen-bond donors (Lipinski definition) is 2. The van der Waals surface area contributed by atoms with Crippen LogP contribution in [0.25, 0.3) is 0 Å². The van der Waals surface area contributed by atoms with Crippen molar-refractivity contribution in [1.82, 2.24) is 10.2 Å². The molecule has 3 unspecified atom stereocenters. The van der Waals surface area contributed by atoms with Gasteiger partial charge in [-0.1, -0.05) is 0 Å². The predicted molar refractivity (Wildman–Crippen MR) is 53.4 cm³/mol. The van der Waals surface area contributed by atoms with Gasteiger partial charge in [-0.05, 0) is 19.9 Å². The Hall–Kier alpha value is -1.43. The van der Waals surface area contributed by atoms with Crippen molar-refractivity contribution in [3.63, 3.8) is 0 Å². The Balaban J connectivity index is 2.08. The number of carboxylic acids is 1. The number of carbonyl (C=O) groups excluding carboxylic acids is 2. The van der Waals surface area contributed by atoms with E-state index in [9.17, 15) is 14.4 Å². The zero-order chi connectivity index (χ0) is 11.9. The van der Waals surface area contributed by atoms with Crippen molar-refractivity contribution >= 4 is 17.8 Å². The maximum Gasteiger partial charge on any atom is 0.320 e. The number of hydrogen-bond acceptors (Lipinski definition) is 4. The second-order valence-electron chi connectivity index (χ2n) is 4.36. The average Bonchev–Trinajstić information content (AvgIpc) is 2.53. The Morgan fingerprint density at radius 2 is 2.06 bits per heavy atom. The lowest BCUT2D eigenvalue weighted by molar-refractivity contribution is -0.144. The maximum atomic E-state index is 11.5. The summed E-state index contributed by atoms with van der Waals surface area (Å²) in [6.07, 6.45) is 0.555. The third-order valence-corrected chi connectivity index (χ3v) is 3.47. The van der Waals surface area contributed by atoms with Crippen molar-refractivity contribution in [1.29, 1.82) is 0 Å². The fraction of sp³-hybridized carbons (Fsp3) is 0.700. The molecule has 6 nitrogen and oxygen atoms in total. The molecular weight excluding hydrogens is 212 g/mol. The molecule has 2 fully saturated rings. The summed E-state index contributed by atoms with van der Waals surface area (Å²) in [6, 6.07) is -0.607. The van der Waals surface area contributed by atoms with Crippen LogP contribution in [0.2, 0.25) is 0 Å². The minimum absolute atomic E-state index is 0.211. The molecule has 0 spiro atoms. The van der Waals surface area contributed by atoms with Gasteiger partial charge in [-0.3, -0.25) is 24.6 Å². The van der Waals surface area contributed by atoms with Crippen LogP contribution in [-0.4, -0.2) is 46.9 Å². The van der Waals surface area contributed by atoms with Crippen molar-refractivity contribution in [3.05, 3.63) is 0 Å². The first-order valence-corrected chi connectivity index (χ1v) is 5.32. The molecule has 2 aliphatic heterocycles. The molecular formula is C10H14N2O4. The van der Waals surface area contributed by atoms with E-state index in [0.717, 1.165) is 0 Å². The summed E-state index contributed by atoms with van der Waals surface area (Å²) in [6.45, 7) is 2.50. The van der Waals surface area contributed by atoms with Crippen molar-refractivity contribution in [2.75, 3.05) is 13.1 Å². The summed E-state index contributed by atoms with van der Waals surface area (Å²) in [5.41, 5.74) is 0. The van der Waals surface area contributed by atoms with E-state index in [-0.39, 0.29) is 23.7 Å². The summed E-state index contributed by atoms with van der Waals surface area (Å²) < 4.78 is 0. The number of fused-ring (bicyclic) bond motifs is 1. The first-order chi connectivity index (χ1) is 7.50. The molecule has 2 amide bonds. The summed E-state index contributed by atoms with van der Waals surface area (Å²) in [5, 5.41) is 11.2. The highest BCUT2D eigenvalue weighted by atomic mass is 16.4. The van der Waals surface area contributed by atoms with Crippen molar-refractivity contribution in [3.8, 4) is 0 Å². The van der Waals surface area contributed by atoms with Gasteiger partial charge in [0, 0.05) is 6.54 Å². The summed E-state index contributed by atoms with van der Waals surface area (Å²) >= 11 is 0. The van der Waals surface area contributed by atoms with Crippen LogP contribution < -0.4 is 5.32 Å². The van der Waals surface area contributed by atoms with Gasteiger partial charge >= 0.3 is 5.97 Å². The summed E-state index contributed by atoms with van der Waals surface area (Å²) in [5.74, 6) is -2.01. The lowest BCUT2D eigenvalue weighted by Gasteiger charge is -2.34. The molecule has 2 N–H and O–H groups in total. The van der Waals surface area contributed by atoms with Gasteiger partial charge in [0.2, 0.25) is 11.8 Å². The smallest absolute Gasteiger partial charge is 0.320 e. The van der Waals surface area contributed by atoms with Gasteiger partial charge in [-0.15, -0.1) is 0 Å². The standard InChI is InChI=1S/C10H14N2O4/c1-5(10(15)16)12-3-2-6-7(4-12)9(14)11-8(6)13/h5-7H,2-4H2,1H3,(H,15,16)(H,11,13,14). The molecule has 6 heteroatoms. The molecule has 0 bridgehead atoms. The molecule has 2 aliphatic rings. The molecule has 16 heavy (non-hydrogen) atoms. The molecule has 0 saturated carbocycles. The Morgan fingerprint density at radius 1 is 1.44 bits per heavy atom. The molecule has 0 radical (unpaired) electrons. The second kappa shape index (κ2) is 3.86. The van der Waals surface area contributed by atoms with E-state index in [1.165, 1.54) is 0 Å². The SMILES string of the molecule is CC(C(=O)O)N1CCC2C(=O)NC(=O)C2C1. The molecule has 2 heterocycles. The van der Waals surface area contributed by atoms with Crippen LogP contribution in [-0.2, 0) is 14.4 Å². The third-order valence-electron chi connectivity index (χ3n) is 3.47. The van der Waals surface area contributed by atoms with Crippen molar-refractivity contribution in [2.24, 2.45) is 11.8 Å². The molecule has 0 aromatic rings. The summed E-state index contributed by atoms with van der Waals surface area (Å²) in [4.78, 5) is 35.4. The monoisotopic (exact) mass is 226 g/mol. The Kier molecular flexibility index (Phi) is 2.67. The number of imide groups is 1. The Morgan fingerprint density at radius 3 is 2.69 bits per heavy atom. The number of rotatable bonds is 2. The van der Waals surface area contributed by atoms with Gasteiger partial charge in [0.05, 0.1) is 11.8 Å². The van der Waals surface area contributed by atoms with Gasteiger partial charge in [0.15, 0.2) is 0 Å². The van der Waals surface area contributed by atoms with Crippen LogP contribution in [0.4, 0.5) is 0 Å². The number of carboxylic acid groups (broad SMARTS) is 1. The minimum atomic E-state index is -0.900. The molecule has 2 saturated heterocycles. The number of amides is 2. The zero-order valence-corrected chi connectivity index (χ0v) is 8.97. The number of likely N-dealkylation sites (tertiary alicyclic amines) is 1. The van der Waals surface area contributed by atoms with Gasteiger partial charge in [-0.25, -0.2) is 0 Å². The molecule has 0 aliphatic carbocycles. The highest BCUT2D eigenvalue weighted by molar-refractivity contribution is 6.05. The van der Waals surface area contributed by atoms with Gasteiger partial charge in [0.1, 0.15) is 6.04 Å². The van der Waals surface area contributed by atoms with E-state index in [0.29, 0.717) is 19.5 Å². The minimum Gasteiger partial charge on any atom is -0.480 e. The lowest BCUT2D eigenvalue weighted by Crippen LogP contribution is -2.48. The van der Waals surface area contributed by atoms with Gasteiger partial charge < -0.3 is 5.11 Å². The van der Waals surface area contributed by atoms with Gasteiger partial charge in [0.25, 0.3) is 0 Å². The van der Waals surface area contributed by atoms with E-state index in [4.69, 9.17) is 5.11 Å². The predicted octanol–water partition coefficient (Wildman–Crippen LogP) is -0.946. The Labute approximate surface area is 92.6 Å². The van der Waals surface area contributed by atoms with E-state index in [1.54, 1.807) is 11.8 Å². The average molecular weight is 226 g/mol. The quantitative estimate of drug-likeness (QED) is 0.593. The highest BCUT2D eigenvalue weighted by Gasteiger charge is 2.45. The van der Waals surface area contributed by atoms with E-state index < -0.39 is 12.0 Å². The van der Waals surface area contributed by atoms with E-state index in [2.05, 4.69) is 5.32 Å². The van der Waals surface area contributed by atoms with Crippen molar-refractivity contribution in [2.45, 2.75) is 19.4 Å². The molecule has 2 rings (SSSR count). The number of nitrogens with one attached hydrogen (secondary N) is 1. The van der Waals surface area contributed by atoms with Crippen LogP contribution in [0.15, 0.2) is 0 Å². The maximum absolute atomic E-state index is 11.5. The molecule has 0 aromatic carbocycles. The van der Waals surface area contributed by atoms with Crippen molar-refractivity contribution < 1.29 is 19.5 Å².